The molecule has 1 aliphatic carbocycles. The molecule has 1 aromatic heterocycles. The van der Waals surface area contributed by atoms with Gasteiger partial charge >= 0.3 is 6.18 Å². The van der Waals surface area contributed by atoms with Crippen LogP contribution in [0.1, 0.15) is 31.4 Å². The van der Waals surface area contributed by atoms with Crippen molar-refractivity contribution in [3.63, 3.8) is 0 Å². The zero-order valence-electron chi connectivity index (χ0n) is 13.6. The molecule has 5 nitrogen and oxygen atoms in total. The molecule has 0 N–H and O–H groups in total. The summed E-state index contributed by atoms with van der Waals surface area (Å²) in [6.07, 6.45) is 0.327. The van der Waals surface area contributed by atoms with E-state index in [9.17, 15) is 18.0 Å². The van der Waals surface area contributed by atoms with Gasteiger partial charge in [0.15, 0.2) is 0 Å². The normalized spacial score (nSPS) is 19.4. The first-order valence-corrected chi connectivity index (χ1v) is 8.25. The standard InChI is InChI=1S/C16H21F3N4O/c1-22(14(24)12-2-3-12)10-11-5-8-23(9-6-11)15-20-7-4-13(21-15)16(17,18)19/h4,7,11-12H,2-3,5-6,8-10H2,1H3. The lowest BCUT2D eigenvalue weighted by Crippen LogP contribution is -2.40. The predicted octanol–water partition coefficient (Wildman–Crippen LogP) is 2.58. The molecule has 24 heavy (non-hydrogen) atoms. The highest BCUT2D eigenvalue weighted by atomic mass is 19.4. The van der Waals surface area contributed by atoms with Crippen molar-refractivity contribution in [1.29, 1.82) is 0 Å². The summed E-state index contributed by atoms with van der Waals surface area (Å²) < 4.78 is 38.2. The molecule has 0 radical (unpaired) electrons. The second-order valence-electron chi connectivity index (χ2n) is 6.66. The van der Waals surface area contributed by atoms with E-state index >= 15 is 0 Å². The first-order chi connectivity index (χ1) is 11.3. The molecule has 0 bridgehead atoms. The van der Waals surface area contributed by atoms with E-state index in [0.29, 0.717) is 25.6 Å². The summed E-state index contributed by atoms with van der Waals surface area (Å²) in [5.41, 5.74) is -0.913. The number of aromatic nitrogens is 2. The van der Waals surface area contributed by atoms with Gasteiger partial charge in [0, 0.05) is 38.8 Å². The third-order valence-electron chi connectivity index (χ3n) is 4.67. The van der Waals surface area contributed by atoms with Crippen molar-refractivity contribution in [2.45, 2.75) is 31.9 Å². The fourth-order valence-corrected chi connectivity index (χ4v) is 3.09. The van der Waals surface area contributed by atoms with Crippen LogP contribution in [0.4, 0.5) is 19.1 Å². The SMILES string of the molecule is CN(CC1CCN(c2nccc(C(F)(F)F)n2)CC1)C(=O)C1CC1. The molecule has 0 aromatic carbocycles. The van der Waals surface area contributed by atoms with E-state index in [-0.39, 0.29) is 17.8 Å². The maximum Gasteiger partial charge on any atom is 0.433 e. The predicted molar refractivity (Wildman–Crippen MR) is 82.3 cm³/mol. The van der Waals surface area contributed by atoms with Crippen LogP contribution >= 0.6 is 0 Å². The maximum atomic E-state index is 12.7. The van der Waals surface area contributed by atoms with Crippen molar-refractivity contribution < 1.29 is 18.0 Å². The molecule has 132 valence electrons. The quantitative estimate of drug-likeness (QED) is 0.844. The number of hydrogen-bond acceptors (Lipinski definition) is 4. The molecule has 2 heterocycles. The molecule has 1 aromatic rings. The minimum Gasteiger partial charge on any atom is -0.345 e. The molecule has 2 fully saturated rings. The Balaban J connectivity index is 1.54. The Hall–Kier alpha value is -1.86. The lowest BCUT2D eigenvalue weighted by molar-refractivity contribution is -0.141. The largest absolute Gasteiger partial charge is 0.433 e. The van der Waals surface area contributed by atoms with Crippen LogP contribution in [0.5, 0.6) is 0 Å². The Morgan fingerprint density at radius 1 is 1.29 bits per heavy atom. The number of amides is 1. The van der Waals surface area contributed by atoms with Gasteiger partial charge in [-0.3, -0.25) is 4.79 Å². The number of carbonyl (C=O) groups excluding carboxylic acids is 1. The Morgan fingerprint density at radius 3 is 2.54 bits per heavy atom. The molecule has 8 heteroatoms. The van der Waals surface area contributed by atoms with Crippen molar-refractivity contribution in [2.75, 3.05) is 31.6 Å². The smallest absolute Gasteiger partial charge is 0.345 e. The molecule has 0 atom stereocenters. The van der Waals surface area contributed by atoms with E-state index in [2.05, 4.69) is 9.97 Å². The van der Waals surface area contributed by atoms with E-state index < -0.39 is 11.9 Å². The van der Waals surface area contributed by atoms with Crippen molar-refractivity contribution in [2.24, 2.45) is 11.8 Å². The van der Waals surface area contributed by atoms with Gasteiger partial charge in [-0.2, -0.15) is 13.2 Å². The summed E-state index contributed by atoms with van der Waals surface area (Å²) in [7, 11) is 1.84. The Bertz CT molecular complexity index is 595. The van der Waals surface area contributed by atoms with Gasteiger partial charge in [0.25, 0.3) is 0 Å². The molecule has 1 amide bonds. The summed E-state index contributed by atoms with van der Waals surface area (Å²) in [4.78, 5) is 23.2. The van der Waals surface area contributed by atoms with Gasteiger partial charge in [0.05, 0.1) is 0 Å². The van der Waals surface area contributed by atoms with Crippen molar-refractivity contribution >= 4 is 11.9 Å². The number of hydrogen-bond donors (Lipinski definition) is 0. The number of halogens is 3. The molecular weight excluding hydrogens is 321 g/mol. The van der Waals surface area contributed by atoms with Gasteiger partial charge in [0.2, 0.25) is 11.9 Å². The van der Waals surface area contributed by atoms with Gasteiger partial charge in [-0.15, -0.1) is 0 Å². The van der Waals surface area contributed by atoms with Gasteiger partial charge < -0.3 is 9.80 Å². The highest BCUT2D eigenvalue weighted by molar-refractivity contribution is 5.80. The summed E-state index contributed by atoms with van der Waals surface area (Å²) >= 11 is 0. The lowest BCUT2D eigenvalue weighted by Gasteiger charge is -2.34. The van der Waals surface area contributed by atoms with E-state index in [1.54, 1.807) is 9.80 Å². The third kappa shape index (κ3) is 3.96. The second kappa shape index (κ2) is 6.57. The zero-order valence-corrected chi connectivity index (χ0v) is 13.6. The summed E-state index contributed by atoms with van der Waals surface area (Å²) in [6.45, 7) is 1.93. The fourth-order valence-electron chi connectivity index (χ4n) is 3.09. The van der Waals surface area contributed by atoms with Crippen LogP contribution in [0.2, 0.25) is 0 Å². The maximum absolute atomic E-state index is 12.7. The van der Waals surface area contributed by atoms with Crippen LogP contribution in [-0.4, -0.2) is 47.5 Å². The summed E-state index contributed by atoms with van der Waals surface area (Å²) in [6, 6.07) is 0.884. The highest BCUT2D eigenvalue weighted by Gasteiger charge is 2.35. The first-order valence-electron chi connectivity index (χ1n) is 8.25. The third-order valence-corrected chi connectivity index (χ3v) is 4.67. The molecule has 0 unspecified atom stereocenters. The van der Waals surface area contributed by atoms with Gasteiger partial charge in [-0.25, -0.2) is 9.97 Å². The van der Waals surface area contributed by atoms with Crippen molar-refractivity contribution in [3.8, 4) is 0 Å². The average molecular weight is 342 g/mol. The number of anilines is 1. The second-order valence-corrected chi connectivity index (χ2v) is 6.66. The molecule has 1 saturated carbocycles. The van der Waals surface area contributed by atoms with E-state index in [1.807, 2.05) is 7.05 Å². The van der Waals surface area contributed by atoms with Gasteiger partial charge in [0.1, 0.15) is 5.69 Å². The number of carbonyl (C=O) groups is 1. The van der Waals surface area contributed by atoms with E-state index in [1.165, 1.54) is 0 Å². The van der Waals surface area contributed by atoms with Gasteiger partial charge in [-0.1, -0.05) is 0 Å². The van der Waals surface area contributed by atoms with E-state index in [0.717, 1.165) is 37.9 Å². The molecule has 3 rings (SSSR count). The lowest BCUT2D eigenvalue weighted by atomic mass is 9.96. The highest BCUT2D eigenvalue weighted by Crippen LogP contribution is 2.32. The summed E-state index contributed by atoms with van der Waals surface area (Å²) in [5.74, 6) is 0.942. The average Bonchev–Trinajstić information content (AvgIpc) is 3.39. The molecular formula is C16H21F3N4O. The number of nitrogens with zero attached hydrogens (tertiary/aromatic N) is 4. The Morgan fingerprint density at radius 2 is 1.96 bits per heavy atom. The number of rotatable bonds is 4. The number of piperidine rings is 1. The summed E-state index contributed by atoms with van der Waals surface area (Å²) in [5, 5.41) is 0. The van der Waals surface area contributed by atoms with Gasteiger partial charge in [-0.05, 0) is 37.7 Å². The van der Waals surface area contributed by atoms with Crippen molar-refractivity contribution in [1.82, 2.24) is 14.9 Å². The Labute approximate surface area is 138 Å². The minimum atomic E-state index is -4.46. The topological polar surface area (TPSA) is 49.3 Å². The van der Waals surface area contributed by atoms with Crippen LogP contribution in [0.3, 0.4) is 0 Å². The van der Waals surface area contributed by atoms with Crippen LogP contribution < -0.4 is 4.90 Å². The van der Waals surface area contributed by atoms with Crippen molar-refractivity contribution in [3.05, 3.63) is 18.0 Å². The van der Waals surface area contributed by atoms with Crippen LogP contribution in [0.15, 0.2) is 12.3 Å². The Kier molecular flexibility index (Phi) is 4.64. The first kappa shape index (κ1) is 17.0. The monoisotopic (exact) mass is 342 g/mol. The zero-order chi connectivity index (χ0) is 17.3. The van der Waals surface area contributed by atoms with Crippen LogP contribution in [0, 0.1) is 11.8 Å². The molecule has 2 aliphatic rings. The number of alkyl halides is 3. The molecule has 1 aliphatic heterocycles. The minimum absolute atomic E-state index is 0.130. The van der Waals surface area contributed by atoms with Crippen LogP contribution in [-0.2, 0) is 11.0 Å². The van der Waals surface area contributed by atoms with E-state index in [4.69, 9.17) is 0 Å². The molecule has 0 spiro atoms. The van der Waals surface area contributed by atoms with Crippen LogP contribution in [0.25, 0.3) is 0 Å². The molecule has 1 saturated heterocycles. The fraction of sp³-hybridized carbons (Fsp3) is 0.688.